The van der Waals surface area contributed by atoms with Crippen LogP contribution in [0.15, 0.2) is 43.0 Å². The predicted molar refractivity (Wildman–Crippen MR) is 87.6 cm³/mol. The van der Waals surface area contributed by atoms with E-state index < -0.39 is 6.10 Å². The van der Waals surface area contributed by atoms with Gasteiger partial charge in [0, 0.05) is 31.5 Å². The van der Waals surface area contributed by atoms with Crippen molar-refractivity contribution >= 4 is 0 Å². The molecule has 0 amide bonds. The van der Waals surface area contributed by atoms with Crippen LogP contribution in [0.3, 0.4) is 0 Å². The van der Waals surface area contributed by atoms with Gasteiger partial charge in [-0.1, -0.05) is 36.8 Å². The average molecular weight is 299 g/mol. The number of aliphatic hydroxyl groups is 1. The van der Waals surface area contributed by atoms with E-state index in [0.717, 1.165) is 25.1 Å². The lowest BCUT2D eigenvalue weighted by atomic mass is 9.93. The number of aliphatic hydroxyl groups excluding tert-OH is 1. The minimum Gasteiger partial charge on any atom is -0.387 e. The van der Waals surface area contributed by atoms with Crippen molar-refractivity contribution in [3.8, 4) is 0 Å². The van der Waals surface area contributed by atoms with Crippen molar-refractivity contribution in [3.05, 3.63) is 54.1 Å². The van der Waals surface area contributed by atoms with Gasteiger partial charge in [0.05, 0.1) is 12.4 Å². The summed E-state index contributed by atoms with van der Waals surface area (Å²) in [4.78, 5) is 6.54. The molecule has 3 atom stereocenters. The van der Waals surface area contributed by atoms with Crippen LogP contribution in [-0.2, 0) is 0 Å². The van der Waals surface area contributed by atoms with Gasteiger partial charge in [0.15, 0.2) is 0 Å². The molecule has 0 spiro atoms. The summed E-state index contributed by atoms with van der Waals surface area (Å²) in [5.74, 6) is 0.641. The molecule has 2 heterocycles. The van der Waals surface area contributed by atoms with Gasteiger partial charge in [-0.2, -0.15) is 0 Å². The Labute approximate surface area is 132 Å². The molecular formula is C18H25N3O. The number of rotatable bonds is 4. The largest absolute Gasteiger partial charge is 0.387 e. The summed E-state index contributed by atoms with van der Waals surface area (Å²) in [7, 11) is 0. The maximum atomic E-state index is 10.5. The molecule has 3 unspecified atom stereocenters. The number of likely N-dealkylation sites (tertiary alicyclic amines) is 1. The number of β-amino-alcohol motifs (C(OH)–C–C–N with tert-alkyl or cyclic N) is 1. The highest BCUT2D eigenvalue weighted by Gasteiger charge is 2.28. The van der Waals surface area contributed by atoms with E-state index in [1.54, 1.807) is 0 Å². The molecule has 1 N–H and O–H groups in total. The monoisotopic (exact) mass is 299 g/mol. The quantitative estimate of drug-likeness (QED) is 0.944. The second-order valence-electron chi connectivity index (χ2n) is 6.53. The Hall–Kier alpha value is -1.65. The van der Waals surface area contributed by atoms with E-state index in [1.807, 2.05) is 30.9 Å². The van der Waals surface area contributed by atoms with Gasteiger partial charge < -0.3 is 9.67 Å². The van der Waals surface area contributed by atoms with Crippen LogP contribution < -0.4 is 0 Å². The zero-order chi connectivity index (χ0) is 15.5. The van der Waals surface area contributed by atoms with Gasteiger partial charge in [-0.05, 0) is 31.4 Å². The molecule has 1 aliphatic rings. The van der Waals surface area contributed by atoms with Gasteiger partial charge in [-0.3, -0.25) is 4.90 Å². The molecule has 4 nitrogen and oxygen atoms in total. The summed E-state index contributed by atoms with van der Waals surface area (Å²) in [5, 5.41) is 10.5. The van der Waals surface area contributed by atoms with Crippen molar-refractivity contribution in [2.75, 3.05) is 19.6 Å². The minimum absolute atomic E-state index is 0.419. The number of piperidine rings is 1. The Morgan fingerprint density at radius 3 is 2.77 bits per heavy atom. The molecule has 0 saturated carbocycles. The summed E-state index contributed by atoms with van der Waals surface area (Å²) >= 11 is 0. The first kappa shape index (κ1) is 15.3. The molecule has 1 aromatic heterocycles. The Morgan fingerprint density at radius 2 is 2.09 bits per heavy atom. The number of hydrogen-bond acceptors (Lipinski definition) is 3. The van der Waals surface area contributed by atoms with Gasteiger partial charge in [-0.25, -0.2) is 4.98 Å². The van der Waals surface area contributed by atoms with Gasteiger partial charge in [0.2, 0.25) is 0 Å². The standard InChI is InChI=1S/C18H25N3O/c1-14-3-5-16(6-4-14)18(22)12-20-9-7-15(2)17(11-20)21-10-8-19-13-21/h3-6,8,10,13,15,17-18,22H,7,9,11-12H2,1-2H3. The summed E-state index contributed by atoms with van der Waals surface area (Å²) in [6.45, 7) is 7.09. The smallest absolute Gasteiger partial charge is 0.0949 e. The maximum absolute atomic E-state index is 10.5. The second kappa shape index (κ2) is 6.63. The highest BCUT2D eigenvalue weighted by molar-refractivity contribution is 5.23. The van der Waals surface area contributed by atoms with E-state index in [9.17, 15) is 5.11 Å². The number of hydrogen-bond donors (Lipinski definition) is 1. The van der Waals surface area contributed by atoms with Crippen LogP contribution in [0.25, 0.3) is 0 Å². The third kappa shape index (κ3) is 3.39. The van der Waals surface area contributed by atoms with Gasteiger partial charge in [0.25, 0.3) is 0 Å². The molecule has 0 radical (unpaired) electrons. The lowest BCUT2D eigenvalue weighted by Crippen LogP contribution is -2.42. The highest BCUT2D eigenvalue weighted by Crippen LogP contribution is 2.28. The topological polar surface area (TPSA) is 41.3 Å². The summed E-state index contributed by atoms with van der Waals surface area (Å²) in [6, 6.07) is 8.62. The third-order valence-electron chi connectivity index (χ3n) is 4.80. The van der Waals surface area contributed by atoms with Gasteiger partial charge in [0.1, 0.15) is 0 Å². The fourth-order valence-corrected chi connectivity index (χ4v) is 3.27. The van der Waals surface area contributed by atoms with Crippen molar-refractivity contribution in [3.63, 3.8) is 0 Å². The van der Waals surface area contributed by atoms with Crippen molar-refractivity contribution in [2.24, 2.45) is 5.92 Å². The molecule has 22 heavy (non-hydrogen) atoms. The second-order valence-corrected chi connectivity index (χ2v) is 6.53. The third-order valence-corrected chi connectivity index (χ3v) is 4.80. The van der Waals surface area contributed by atoms with Gasteiger partial charge in [-0.15, -0.1) is 0 Å². The summed E-state index contributed by atoms with van der Waals surface area (Å²) < 4.78 is 2.20. The Balaban J connectivity index is 1.64. The first-order valence-electron chi connectivity index (χ1n) is 8.08. The van der Waals surface area contributed by atoms with Crippen molar-refractivity contribution in [1.82, 2.24) is 14.5 Å². The van der Waals surface area contributed by atoms with E-state index in [0.29, 0.717) is 18.5 Å². The van der Waals surface area contributed by atoms with Crippen LogP contribution in [0.4, 0.5) is 0 Å². The molecule has 0 bridgehead atoms. The van der Waals surface area contributed by atoms with Crippen molar-refractivity contribution in [2.45, 2.75) is 32.4 Å². The van der Waals surface area contributed by atoms with E-state index in [4.69, 9.17) is 0 Å². The van der Waals surface area contributed by atoms with Crippen molar-refractivity contribution in [1.29, 1.82) is 0 Å². The van der Waals surface area contributed by atoms with Crippen LogP contribution in [-0.4, -0.2) is 39.2 Å². The first-order chi connectivity index (χ1) is 10.6. The molecule has 1 aliphatic heterocycles. The average Bonchev–Trinajstić information content (AvgIpc) is 3.04. The number of aryl methyl sites for hydroxylation is 1. The van der Waals surface area contributed by atoms with Crippen LogP contribution >= 0.6 is 0 Å². The van der Waals surface area contributed by atoms with Crippen LogP contribution in [0.2, 0.25) is 0 Å². The molecule has 1 fully saturated rings. The van der Waals surface area contributed by atoms with Crippen LogP contribution in [0.5, 0.6) is 0 Å². The number of imidazole rings is 1. The molecule has 4 heteroatoms. The summed E-state index contributed by atoms with van der Waals surface area (Å²) in [6.07, 6.45) is 6.52. The predicted octanol–water partition coefficient (Wildman–Crippen LogP) is 2.81. The molecule has 3 rings (SSSR count). The zero-order valence-electron chi connectivity index (χ0n) is 13.4. The molecule has 118 valence electrons. The molecule has 1 aromatic carbocycles. The first-order valence-corrected chi connectivity index (χ1v) is 8.08. The van der Waals surface area contributed by atoms with Crippen LogP contribution in [0, 0.1) is 12.8 Å². The van der Waals surface area contributed by atoms with Gasteiger partial charge >= 0.3 is 0 Å². The number of aromatic nitrogens is 2. The van der Waals surface area contributed by atoms with E-state index in [2.05, 4.69) is 40.4 Å². The number of benzene rings is 1. The van der Waals surface area contributed by atoms with E-state index in [-0.39, 0.29) is 0 Å². The molecule has 0 aliphatic carbocycles. The number of nitrogens with zero attached hydrogens (tertiary/aromatic N) is 3. The lowest BCUT2D eigenvalue weighted by Gasteiger charge is -2.38. The SMILES string of the molecule is Cc1ccc(C(O)CN2CCC(C)C(n3ccnc3)C2)cc1. The zero-order valence-corrected chi connectivity index (χ0v) is 13.4. The minimum atomic E-state index is -0.419. The summed E-state index contributed by atoms with van der Waals surface area (Å²) in [5.41, 5.74) is 2.23. The highest BCUT2D eigenvalue weighted by atomic mass is 16.3. The van der Waals surface area contributed by atoms with Crippen LogP contribution in [0.1, 0.15) is 36.6 Å². The lowest BCUT2D eigenvalue weighted by molar-refractivity contribution is 0.0686. The normalized spacial score (nSPS) is 24.3. The fraction of sp³-hybridized carbons (Fsp3) is 0.500. The maximum Gasteiger partial charge on any atom is 0.0949 e. The molecule has 2 aromatic rings. The Bertz CT molecular complexity index is 579. The fourth-order valence-electron chi connectivity index (χ4n) is 3.27. The van der Waals surface area contributed by atoms with Crippen molar-refractivity contribution < 1.29 is 5.11 Å². The molecule has 1 saturated heterocycles. The Kier molecular flexibility index (Phi) is 4.60. The van der Waals surface area contributed by atoms with E-state index >= 15 is 0 Å². The molecular weight excluding hydrogens is 274 g/mol. The Morgan fingerprint density at radius 1 is 1.32 bits per heavy atom. The van der Waals surface area contributed by atoms with E-state index in [1.165, 1.54) is 5.56 Å².